The van der Waals surface area contributed by atoms with Crippen LogP contribution >= 0.6 is 11.6 Å². The van der Waals surface area contributed by atoms with Crippen molar-refractivity contribution in [1.29, 1.82) is 0 Å². The van der Waals surface area contributed by atoms with Gasteiger partial charge in [0.1, 0.15) is 62.8 Å². The summed E-state index contributed by atoms with van der Waals surface area (Å²) in [6, 6.07) is 0. The third-order valence-corrected chi connectivity index (χ3v) is 8.73. The van der Waals surface area contributed by atoms with Gasteiger partial charge in [-0.15, -0.1) is 0 Å². The van der Waals surface area contributed by atoms with Crippen LogP contribution in [0.4, 0.5) is 8.78 Å². The number of carbonyl (C=O) groups excluding carboxylic acids is 4. The molecule has 0 aliphatic carbocycles. The fourth-order valence-electron chi connectivity index (χ4n) is 5.49. The second-order valence-corrected chi connectivity index (χ2v) is 11.4. The van der Waals surface area contributed by atoms with Crippen LogP contribution in [0, 0.1) is 0 Å². The zero-order valence-electron chi connectivity index (χ0n) is 24.0. The molecule has 2 aliphatic rings. The zero-order chi connectivity index (χ0) is 36.3. The van der Waals surface area contributed by atoms with Gasteiger partial charge in [0.2, 0.25) is 19.8 Å². The minimum Gasteiger partial charge on any atom is -0.347 e. The molecule has 0 spiro atoms. The van der Waals surface area contributed by atoms with Gasteiger partial charge >= 0.3 is 5.92 Å². The summed E-state index contributed by atoms with van der Waals surface area (Å²) in [6.45, 7) is -0.920. The molecule has 2 aliphatic heterocycles. The van der Waals surface area contributed by atoms with Crippen molar-refractivity contribution >= 4 is 191 Å². The first-order valence-electron chi connectivity index (χ1n) is 12.8. The summed E-state index contributed by atoms with van der Waals surface area (Å²) in [7, 11) is 89.4. The number of rotatable bonds is 5. The van der Waals surface area contributed by atoms with E-state index in [0.717, 1.165) is 0 Å². The van der Waals surface area contributed by atoms with Crippen molar-refractivity contribution in [2.45, 2.75) is 33.7 Å². The molecule has 2 aromatic rings. The molecule has 30 radical (unpaired) electrons. The quantitative estimate of drug-likeness (QED) is 0.270. The number of hydrogen-bond acceptors (Lipinski definition) is 4. The highest BCUT2D eigenvalue weighted by Gasteiger charge is 2.67. The number of carbonyl (C=O) groups is 4. The second kappa shape index (κ2) is 11.3. The van der Waals surface area contributed by atoms with Gasteiger partial charge in [0, 0.05) is 22.7 Å². The van der Waals surface area contributed by atoms with E-state index in [2.05, 4.69) is 0 Å². The van der Waals surface area contributed by atoms with Crippen molar-refractivity contribution < 1.29 is 28.0 Å². The Balaban J connectivity index is 1.82. The molecule has 1 N–H and O–H groups in total. The maximum atomic E-state index is 15.4. The SMILES string of the molecule is [B]c1c([B])c(C(F)(F)C(=O)NCc2c([B])c([B])c3c(c2[B])C([B])([B])N(C2([B])C(=O)N([B])C(=O)C([B])([B])C2([B])[B])C3=O)c([B])c([B])c1Cl. The standard InChI is InChI=1S/C22H3B15ClF2N3O4/c23-6-2(1-41-15(45)18(39,40)5-9(26)11(28)13(38)12(29)10(5)27)7(24)8(25)3-4(6)21(33,34)43(14(3)44)20(32)17(47)42(37)16(46)19(30,31)22(20,35)36/h1H2,(H,41,45). The summed E-state index contributed by atoms with van der Waals surface area (Å²) < 4.78 is 30.9. The highest BCUT2D eigenvalue weighted by atomic mass is 35.5. The predicted octanol–water partition coefficient (Wildman–Crippen LogP) is -9.57. The van der Waals surface area contributed by atoms with Crippen molar-refractivity contribution in [1.82, 2.24) is 15.0 Å². The van der Waals surface area contributed by atoms with E-state index in [-0.39, 0.29) is 9.71 Å². The molecule has 4 amide bonds. The van der Waals surface area contributed by atoms with Gasteiger partial charge < -0.3 is 15.0 Å². The number of piperidine rings is 1. The molecular formula is C22H3B15ClF2N3O4. The summed E-state index contributed by atoms with van der Waals surface area (Å²) >= 11 is 5.86. The monoisotopic (exact) mass is 611 g/mol. The van der Waals surface area contributed by atoms with Gasteiger partial charge in [-0.05, 0) is 21.7 Å². The third kappa shape index (κ3) is 4.72. The second-order valence-electron chi connectivity index (χ2n) is 11.0. The summed E-state index contributed by atoms with van der Waals surface area (Å²) in [4.78, 5) is 52.7. The lowest BCUT2D eigenvalue weighted by Crippen LogP contribution is -2.78. The van der Waals surface area contributed by atoms with E-state index in [1.54, 1.807) is 0 Å². The topological polar surface area (TPSA) is 86.8 Å². The number of amides is 4. The number of fused-ring (bicyclic) bond motifs is 1. The van der Waals surface area contributed by atoms with E-state index in [1.165, 1.54) is 0 Å². The van der Waals surface area contributed by atoms with Gasteiger partial charge in [-0.1, -0.05) is 55.1 Å². The first-order chi connectivity index (χ1) is 21.2. The van der Waals surface area contributed by atoms with Crippen LogP contribution in [-0.4, -0.2) is 157 Å². The van der Waals surface area contributed by atoms with Crippen LogP contribution < -0.4 is 43.6 Å². The van der Waals surface area contributed by atoms with Gasteiger partial charge in [0.25, 0.3) is 11.8 Å². The van der Waals surface area contributed by atoms with Crippen molar-refractivity contribution in [2.24, 2.45) is 0 Å². The molecule has 25 heteroatoms. The molecule has 196 valence electrons. The summed E-state index contributed by atoms with van der Waals surface area (Å²) in [5, 5.41) is -7.29. The van der Waals surface area contributed by atoms with Crippen LogP contribution in [0.2, 0.25) is 15.5 Å². The van der Waals surface area contributed by atoms with E-state index in [9.17, 15) is 19.2 Å². The van der Waals surface area contributed by atoms with Gasteiger partial charge in [-0.2, -0.15) is 8.78 Å². The Morgan fingerprint density at radius 2 is 1.26 bits per heavy atom. The number of nitrogens with one attached hydrogen (secondary N) is 1. The van der Waals surface area contributed by atoms with Crippen molar-refractivity contribution in [2.75, 3.05) is 0 Å². The third-order valence-electron chi connectivity index (χ3n) is 8.32. The van der Waals surface area contributed by atoms with Crippen molar-refractivity contribution in [3.8, 4) is 0 Å². The van der Waals surface area contributed by atoms with E-state index in [0.29, 0.717) is 0 Å². The Labute approximate surface area is 294 Å². The number of benzene rings is 2. The molecular weight excluding hydrogens is 606 g/mol. The molecule has 2 heterocycles. The van der Waals surface area contributed by atoms with Crippen molar-refractivity contribution in [3.05, 3.63) is 27.3 Å². The van der Waals surface area contributed by atoms with E-state index >= 15 is 8.78 Å². The Bertz CT molecular complexity index is 1800. The smallest absolute Gasteiger partial charge is 0.347 e. The van der Waals surface area contributed by atoms with Crippen LogP contribution in [0.25, 0.3) is 0 Å². The lowest BCUT2D eigenvalue weighted by molar-refractivity contribution is -0.150. The summed E-state index contributed by atoms with van der Waals surface area (Å²) in [5.74, 6) is -11.0. The highest BCUT2D eigenvalue weighted by molar-refractivity contribution is 6.69. The summed E-state index contributed by atoms with van der Waals surface area (Å²) in [5.41, 5.74) is -10.6. The Kier molecular flexibility index (Phi) is 9.04. The maximum absolute atomic E-state index is 15.4. The van der Waals surface area contributed by atoms with E-state index < -0.39 is 123 Å². The van der Waals surface area contributed by atoms with Gasteiger partial charge in [0.05, 0.1) is 52.5 Å². The molecule has 47 heavy (non-hydrogen) atoms. The molecule has 0 aromatic heterocycles. The Morgan fingerprint density at radius 1 is 0.766 bits per heavy atom. The molecule has 7 nitrogen and oxygen atoms in total. The molecule has 1 fully saturated rings. The number of halogens is 3. The number of hydrogen-bond donors (Lipinski definition) is 1. The number of imide groups is 1. The van der Waals surface area contributed by atoms with Crippen molar-refractivity contribution in [3.63, 3.8) is 0 Å². The first kappa shape index (κ1) is 37.5. The van der Waals surface area contributed by atoms with Crippen LogP contribution in [0.5, 0.6) is 0 Å². The maximum Gasteiger partial charge on any atom is 0.348 e. The minimum atomic E-state index is -4.48. The molecule has 4 rings (SSSR count). The van der Waals surface area contributed by atoms with Gasteiger partial charge in [-0.3, -0.25) is 19.2 Å². The molecule has 1 saturated heterocycles. The molecule has 2 aromatic carbocycles. The molecule has 0 bridgehead atoms. The lowest BCUT2D eigenvalue weighted by atomic mass is 9.20. The van der Waals surface area contributed by atoms with Crippen LogP contribution in [0.1, 0.15) is 27.0 Å². The Hall–Kier alpha value is -2.36. The molecule has 1 atom stereocenters. The van der Waals surface area contributed by atoms with E-state index in [4.69, 9.17) is 129 Å². The van der Waals surface area contributed by atoms with Gasteiger partial charge in [-0.25, -0.2) is 0 Å². The lowest BCUT2D eigenvalue weighted by Gasteiger charge is -2.65. The van der Waals surface area contributed by atoms with Crippen LogP contribution in [0.15, 0.2) is 0 Å². The predicted molar refractivity (Wildman–Crippen MR) is 185 cm³/mol. The van der Waals surface area contributed by atoms with Gasteiger partial charge in [0.15, 0.2) is 0 Å². The number of nitrogens with zero attached hydrogens (tertiary/aromatic N) is 2. The normalized spacial score (nSPS) is 21.5. The largest absolute Gasteiger partial charge is 0.348 e. The molecule has 1 unspecified atom stereocenters. The minimum absolute atomic E-state index is 0.145. The Morgan fingerprint density at radius 3 is 1.74 bits per heavy atom. The fourth-order valence-corrected chi connectivity index (χ4v) is 5.69. The van der Waals surface area contributed by atoms with E-state index in [1.807, 2.05) is 5.32 Å². The fraction of sp³-hybridized carbons (Fsp3) is 0.273. The average Bonchev–Trinajstić information content (AvgIpc) is 3.19. The first-order valence-corrected chi connectivity index (χ1v) is 13.1. The average molecular weight is 609 g/mol. The molecule has 0 saturated carbocycles. The van der Waals surface area contributed by atoms with Crippen LogP contribution in [0.3, 0.4) is 0 Å². The zero-order valence-corrected chi connectivity index (χ0v) is 24.8. The summed E-state index contributed by atoms with van der Waals surface area (Å²) in [6.07, 6.45) is 0. The highest BCUT2D eigenvalue weighted by Crippen LogP contribution is 2.58. The number of alkyl halides is 2. The van der Waals surface area contributed by atoms with Crippen LogP contribution in [-0.2, 0) is 32.2 Å².